The molecule has 0 amide bonds. The van der Waals surface area contributed by atoms with Gasteiger partial charge in [0.25, 0.3) is 0 Å². The fraction of sp³-hybridized carbons (Fsp3) is 0.214. The molecule has 0 radical (unpaired) electrons. The maximum absolute atomic E-state index is 13.9. The summed E-state index contributed by atoms with van der Waals surface area (Å²) in [6, 6.07) is 6.71. The van der Waals surface area contributed by atoms with E-state index >= 15 is 0 Å². The van der Waals surface area contributed by atoms with E-state index in [4.69, 9.17) is 0 Å². The lowest BCUT2D eigenvalue weighted by molar-refractivity contribution is 0.574. The van der Waals surface area contributed by atoms with Gasteiger partial charge in [0.05, 0.1) is 6.04 Å². The summed E-state index contributed by atoms with van der Waals surface area (Å²) in [5.41, 5.74) is 2.70. The van der Waals surface area contributed by atoms with Crippen molar-refractivity contribution in [3.63, 3.8) is 0 Å². The van der Waals surface area contributed by atoms with Crippen LogP contribution in [0.3, 0.4) is 0 Å². The van der Waals surface area contributed by atoms with Gasteiger partial charge in [-0.1, -0.05) is 15.9 Å². The lowest BCUT2D eigenvalue weighted by atomic mass is 9.96. The van der Waals surface area contributed by atoms with Gasteiger partial charge < -0.3 is 5.32 Å². The molecule has 0 aliphatic heterocycles. The number of aromatic nitrogens is 1. The molecule has 0 bridgehead atoms. The number of halogens is 2. The average molecular weight is 309 g/mol. The maximum atomic E-state index is 13.9. The number of benzene rings is 1. The van der Waals surface area contributed by atoms with E-state index in [9.17, 15) is 4.39 Å². The van der Waals surface area contributed by atoms with Crippen LogP contribution in [-0.4, -0.2) is 12.0 Å². The van der Waals surface area contributed by atoms with Gasteiger partial charge in [-0.2, -0.15) is 0 Å². The van der Waals surface area contributed by atoms with Crippen molar-refractivity contribution < 1.29 is 4.39 Å². The molecule has 1 aromatic carbocycles. The molecular formula is C14H14BrFN2. The third-order valence-corrected chi connectivity index (χ3v) is 3.43. The molecule has 18 heavy (non-hydrogen) atoms. The van der Waals surface area contributed by atoms with Crippen molar-refractivity contribution in [1.29, 1.82) is 0 Å². The summed E-state index contributed by atoms with van der Waals surface area (Å²) >= 11 is 3.38. The van der Waals surface area contributed by atoms with Crippen LogP contribution >= 0.6 is 15.9 Å². The molecule has 0 aliphatic rings. The van der Waals surface area contributed by atoms with Gasteiger partial charge in [-0.15, -0.1) is 0 Å². The van der Waals surface area contributed by atoms with E-state index in [1.807, 2.05) is 20.0 Å². The molecule has 2 rings (SSSR count). The summed E-state index contributed by atoms with van der Waals surface area (Å²) in [5.74, 6) is -0.214. The molecule has 1 heterocycles. The highest BCUT2D eigenvalue weighted by Crippen LogP contribution is 2.28. The van der Waals surface area contributed by atoms with Gasteiger partial charge in [0.15, 0.2) is 0 Å². The average Bonchev–Trinajstić information content (AvgIpc) is 2.36. The zero-order valence-corrected chi connectivity index (χ0v) is 11.8. The summed E-state index contributed by atoms with van der Waals surface area (Å²) in [6.45, 7) is 1.97. The van der Waals surface area contributed by atoms with E-state index < -0.39 is 0 Å². The number of pyridine rings is 1. The molecule has 1 unspecified atom stereocenters. The van der Waals surface area contributed by atoms with Crippen molar-refractivity contribution in [2.75, 3.05) is 7.05 Å². The van der Waals surface area contributed by atoms with Gasteiger partial charge in [0.1, 0.15) is 5.82 Å². The van der Waals surface area contributed by atoms with Crippen molar-refractivity contribution in [2.24, 2.45) is 0 Å². The Morgan fingerprint density at radius 2 is 2.06 bits per heavy atom. The van der Waals surface area contributed by atoms with Gasteiger partial charge in [0.2, 0.25) is 0 Å². The first-order chi connectivity index (χ1) is 8.63. The second-order valence-electron chi connectivity index (χ2n) is 4.12. The highest BCUT2D eigenvalue weighted by molar-refractivity contribution is 9.10. The normalized spacial score (nSPS) is 12.4. The van der Waals surface area contributed by atoms with Crippen molar-refractivity contribution in [1.82, 2.24) is 10.3 Å². The standard InChI is InChI=1S/C14H14BrFN2/c1-9-8-18-6-5-11(9)14(17-2)12-7-10(15)3-4-13(12)16/h3-8,14,17H,1-2H3. The zero-order valence-electron chi connectivity index (χ0n) is 10.2. The van der Waals surface area contributed by atoms with Crippen LogP contribution in [0.5, 0.6) is 0 Å². The van der Waals surface area contributed by atoms with E-state index in [0.717, 1.165) is 15.6 Å². The maximum Gasteiger partial charge on any atom is 0.128 e. The highest BCUT2D eigenvalue weighted by atomic mass is 79.9. The predicted molar refractivity (Wildman–Crippen MR) is 74.0 cm³/mol. The molecule has 0 fully saturated rings. The van der Waals surface area contributed by atoms with Crippen LogP contribution < -0.4 is 5.32 Å². The first-order valence-electron chi connectivity index (χ1n) is 5.66. The molecule has 1 aromatic heterocycles. The fourth-order valence-corrected chi connectivity index (χ4v) is 2.40. The molecule has 0 saturated carbocycles. The van der Waals surface area contributed by atoms with Gasteiger partial charge in [-0.3, -0.25) is 4.98 Å². The lowest BCUT2D eigenvalue weighted by Crippen LogP contribution is -2.20. The number of aryl methyl sites for hydroxylation is 1. The van der Waals surface area contributed by atoms with Gasteiger partial charge in [-0.05, 0) is 49.4 Å². The van der Waals surface area contributed by atoms with Gasteiger partial charge in [-0.25, -0.2) is 4.39 Å². The number of nitrogens with one attached hydrogen (secondary N) is 1. The minimum Gasteiger partial charge on any atom is -0.309 e. The van der Waals surface area contributed by atoms with Crippen molar-refractivity contribution in [3.05, 3.63) is 63.6 Å². The quantitative estimate of drug-likeness (QED) is 0.937. The lowest BCUT2D eigenvalue weighted by Gasteiger charge is -2.20. The fourth-order valence-electron chi connectivity index (χ4n) is 2.02. The summed E-state index contributed by atoms with van der Waals surface area (Å²) in [7, 11) is 1.82. The van der Waals surface area contributed by atoms with Gasteiger partial charge in [0, 0.05) is 22.4 Å². The van der Waals surface area contributed by atoms with E-state index in [1.54, 1.807) is 24.5 Å². The monoisotopic (exact) mass is 308 g/mol. The number of nitrogens with zero attached hydrogens (tertiary/aromatic N) is 1. The molecule has 1 N–H and O–H groups in total. The Bertz CT molecular complexity index is 557. The van der Waals surface area contributed by atoms with E-state index in [0.29, 0.717) is 5.56 Å². The van der Waals surface area contributed by atoms with Crippen molar-refractivity contribution in [3.8, 4) is 0 Å². The number of hydrogen-bond donors (Lipinski definition) is 1. The summed E-state index contributed by atoms with van der Waals surface area (Å²) < 4.78 is 14.8. The van der Waals surface area contributed by atoms with Crippen molar-refractivity contribution in [2.45, 2.75) is 13.0 Å². The Balaban J connectivity index is 2.52. The largest absolute Gasteiger partial charge is 0.309 e. The Labute approximate surface area is 114 Å². The van der Waals surface area contributed by atoms with Crippen molar-refractivity contribution >= 4 is 15.9 Å². The van der Waals surface area contributed by atoms with Crippen LogP contribution in [0.4, 0.5) is 4.39 Å². The molecule has 0 saturated heterocycles. The second kappa shape index (κ2) is 5.59. The summed E-state index contributed by atoms with van der Waals surface area (Å²) in [5, 5.41) is 3.15. The van der Waals surface area contributed by atoms with Crippen LogP contribution in [0.15, 0.2) is 41.1 Å². The molecule has 4 heteroatoms. The number of hydrogen-bond acceptors (Lipinski definition) is 2. The predicted octanol–water partition coefficient (Wildman–Crippen LogP) is 3.60. The van der Waals surface area contributed by atoms with Crippen LogP contribution in [0.1, 0.15) is 22.7 Å². The van der Waals surface area contributed by atoms with Crippen LogP contribution in [0, 0.1) is 12.7 Å². The zero-order chi connectivity index (χ0) is 13.1. The third-order valence-electron chi connectivity index (χ3n) is 2.93. The van der Waals surface area contributed by atoms with Crippen LogP contribution in [0.25, 0.3) is 0 Å². The Hall–Kier alpha value is -1.26. The minimum atomic E-state index is -0.214. The molecule has 0 spiro atoms. The summed E-state index contributed by atoms with van der Waals surface area (Å²) in [6.07, 6.45) is 3.51. The molecule has 0 aliphatic carbocycles. The molecule has 2 nitrogen and oxygen atoms in total. The van der Waals surface area contributed by atoms with Crippen LogP contribution in [0.2, 0.25) is 0 Å². The summed E-state index contributed by atoms with van der Waals surface area (Å²) in [4.78, 5) is 4.06. The minimum absolute atomic E-state index is 0.175. The first-order valence-corrected chi connectivity index (χ1v) is 6.45. The SMILES string of the molecule is CNC(c1ccncc1C)c1cc(Br)ccc1F. The molecule has 1 atom stereocenters. The Kier molecular flexibility index (Phi) is 4.09. The second-order valence-corrected chi connectivity index (χ2v) is 5.04. The first kappa shape index (κ1) is 13.2. The van der Waals surface area contributed by atoms with E-state index in [-0.39, 0.29) is 11.9 Å². The molecular weight excluding hydrogens is 295 g/mol. The smallest absolute Gasteiger partial charge is 0.128 e. The Morgan fingerprint density at radius 1 is 1.28 bits per heavy atom. The van der Waals surface area contributed by atoms with Gasteiger partial charge >= 0.3 is 0 Å². The highest BCUT2D eigenvalue weighted by Gasteiger charge is 2.18. The molecule has 94 valence electrons. The van der Waals surface area contributed by atoms with E-state index in [1.165, 1.54) is 6.07 Å². The van der Waals surface area contributed by atoms with E-state index in [2.05, 4.69) is 26.2 Å². The topological polar surface area (TPSA) is 24.9 Å². The van der Waals surface area contributed by atoms with Crippen LogP contribution in [-0.2, 0) is 0 Å². The molecule has 2 aromatic rings. The number of rotatable bonds is 3. The Morgan fingerprint density at radius 3 is 2.72 bits per heavy atom. The third kappa shape index (κ3) is 2.60.